The van der Waals surface area contributed by atoms with Crippen molar-refractivity contribution in [1.29, 1.82) is 0 Å². The van der Waals surface area contributed by atoms with E-state index in [2.05, 4.69) is 10.6 Å². The summed E-state index contributed by atoms with van der Waals surface area (Å²) in [5, 5.41) is 22.8. The number of ether oxygens (including phenoxy) is 1. The Hall–Kier alpha value is -2.94. The third-order valence-electron chi connectivity index (χ3n) is 3.51. The van der Waals surface area contributed by atoms with E-state index in [0.29, 0.717) is 18.6 Å². The molecule has 1 rings (SSSR count). The quantitative estimate of drug-likeness (QED) is 0.379. The second-order valence-corrected chi connectivity index (χ2v) is 5.86. The normalized spacial score (nSPS) is 12.6. The van der Waals surface area contributed by atoms with Crippen molar-refractivity contribution in [3.8, 4) is 0 Å². The average Bonchev–Trinajstić information content (AvgIpc) is 2.61. The molecule has 0 aliphatic carbocycles. The summed E-state index contributed by atoms with van der Waals surface area (Å²) in [6.07, 6.45) is 0.0460. The zero-order chi connectivity index (χ0) is 20.2. The van der Waals surface area contributed by atoms with Gasteiger partial charge >= 0.3 is 11.9 Å². The maximum absolute atomic E-state index is 12.4. The molecule has 148 valence electrons. The molecule has 27 heavy (non-hydrogen) atoms. The van der Waals surface area contributed by atoms with Gasteiger partial charge in [0, 0.05) is 13.0 Å². The second-order valence-electron chi connectivity index (χ2n) is 5.86. The number of benzene rings is 1. The first-order valence-electron chi connectivity index (χ1n) is 8.49. The summed E-state index contributed by atoms with van der Waals surface area (Å²) in [4.78, 5) is 46.6. The first-order chi connectivity index (χ1) is 12.8. The topological polar surface area (TPSA) is 142 Å². The van der Waals surface area contributed by atoms with Crippen LogP contribution in [0.2, 0.25) is 0 Å². The van der Waals surface area contributed by atoms with E-state index >= 15 is 0 Å². The Balaban J connectivity index is 2.75. The SMILES string of the molecule is CCCOCC(=O)N[C@@H](CC(=O)O)C(=O)N[C@@H](Cc1ccccc1)C(=O)O. The van der Waals surface area contributed by atoms with E-state index in [-0.39, 0.29) is 13.0 Å². The Morgan fingerprint density at radius 3 is 2.26 bits per heavy atom. The molecule has 1 aromatic rings. The van der Waals surface area contributed by atoms with E-state index in [1.165, 1.54) is 0 Å². The second kappa shape index (κ2) is 11.6. The molecule has 0 saturated carbocycles. The van der Waals surface area contributed by atoms with Crippen LogP contribution in [0.3, 0.4) is 0 Å². The predicted molar refractivity (Wildman–Crippen MR) is 95.0 cm³/mol. The lowest BCUT2D eigenvalue weighted by molar-refractivity contribution is -0.143. The predicted octanol–water partition coefficient (Wildman–Crippen LogP) is 0.185. The van der Waals surface area contributed by atoms with Crippen molar-refractivity contribution in [3.05, 3.63) is 35.9 Å². The fourth-order valence-electron chi connectivity index (χ4n) is 2.25. The third kappa shape index (κ3) is 8.82. The number of aliphatic carboxylic acids is 2. The van der Waals surface area contributed by atoms with E-state index in [9.17, 15) is 24.3 Å². The van der Waals surface area contributed by atoms with Gasteiger partial charge in [-0.2, -0.15) is 0 Å². The zero-order valence-electron chi connectivity index (χ0n) is 15.0. The van der Waals surface area contributed by atoms with Gasteiger partial charge in [-0.15, -0.1) is 0 Å². The molecular formula is C18H24N2O7. The van der Waals surface area contributed by atoms with E-state index in [0.717, 1.165) is 0 Å². The molecule has 0 radical (unpaired) electrons. The van der Waals surface area contributed by atoms with Crippen molar-refractivity contribution < 1.29 is 34.1 Å². The van der Waals surface area contributed by atoms with Crippen LogP contribution >= 0.6 is 0 Å². The molecule has 4 N–H and O–H groups in total. The zero-order valence-corrected chi connectivity index (χ0v) is 15.0. The molecule has 0 aromatic heterocycles. The lowest BCUT2D eigenvalue weighted by atomic mass is 10.1. The Kier molecular flexibility index (Phi) is 9.52. The molecular weight excluding hydrogens is 356 g/mol. The van der Waals surface area contributed by atoms with Crippen LogP contribution in [0, 0.1) is 0 Å². The fourth-order valence-corrected chi connectivity index (χ4v) is 2.25. The first-order valence-corrected chi connectivity index (χ1v) is 8.49. The van der Waals surface area contributed by atoms with E-state index in [4.69, 9.17) is 9.84 Å². The summed E-state index contributed by atoms with van der Waals surface area (Å²) < 4.78 is 5.04. The van der Waals surface area contributed by atoms with Crippen molar-refractivity contribution in [2.75, 3.05) is 13.2 Å². The van der Waals surface area contributed by atoms with E-state index in [1.54, 1.807) is 30.3 Å². The summed E-state index contributed by atoms with van der Waals surface area (Å²) in [5.74, 6) is -4.11. The molecule has 0 bridgehead atoms. The molecule has 0 heterocycles. The molecule has 0 aliphatic rings. The number of carboxylic acids is 2. The molecule has 0 fully saturated rings. The number of carboxylic acid groups (broad SMARTS) is 2. The minimum atomic E-state index is -1.40. The van der Waals surface area contributed by atoms with Crippen LogP contribution in [0.25, 0.3) is 0 Å². The highest BCUT2D eigenvalue weighted by Gasteiger charge is 2.28. The minimum absolute atomic E-state index is 0.0231. The number of hydrogen-bond donors (Lipinski definition) is 4. The number of nitrogens with one attached hydrogen (secondary N) is 2. The Morgan fingerprint density at radius 1 is 1.04 bits per heavy atom. The average molecular weight is 380 g/mol. The highest BCUT2D eigenvalue weighted by atomic mass is 16.5. The van der Waals surface area contributed by atoms with Crippen molar-refractivity contribution >= 4 is 23.8 Å². The van der Waals surface area contributed by atoms with Crippen LogP contribution in [0.15, 0.2) is 30.3 Å². The lowest BCUT2D eigenvalue weighted by Gasteiger charge is -2.20. The van der Waals surface area contributed by atoms with Crippen LogP contribution < -0.4 is 10.6 Å². The summed E-state index contributed by atoms with van der Waals surface area (Å²) >= 11 is 0. The monoisotopic (exact) mass is 380 g/mol. The number of rotatable bonds is 12. The summed E-state index contributed by atoms with van der Waals surface area (Å²) in [6.45, 7) is 1.89. The molecule has 9 nitrogen and oxygen atoms in total. The smallest absolute Gasteiger partial charge is 0.326 e. The number of carbonyl (C=O) groups is 4. The summed E-state index contributed by atoms with van der Waals surface area (Å²) in [6, 6.07) is 6.01. The Morgan fingerprint density at radius 2 is 1.70 bits per heavy atom. The van der Waals surface area contributed by atoms with Gasteiger partial charge in [0.05, 0.1) is 6.42 Å². The Labute approximate surface area is 156 Å². The third-order valence-corrected chi connectivity index (χ3v) is 3.51. The van der Waals surface area contributed by atoms with Crippen molar-refractivity contribution in [3.63, 3.8) is 0 Å². The van der Waals surface area contributed by atoms with Gasteiger partial charge < -0.3 is 25.6 Å². The van der Waals surface area contributed by atoms with Crippen LogP contribution in [-0.4, -0.2) is 59.3 Å². The van der Waals surface area contributed by atoms with Crippen molar-refractivity contribution in [1.82, 2.24) is 10.6 Å². The van der Waals surface area contributed by atoms with Crippen molar-refractivity contribution in [2.45, 2.75) is 38.3 Å². The van der Waals surface area contributed by atoms with Gasteiger partial charge in [-0.25, -0.2) is 4.79 Å². The molecule has 0 aliphatic heterocycles. The summed E-state index contributed by atoms with van der Waals surface area (Å²) in [5.41, 5.74) is 0.692. The molecule has 2 amide bonds. The first kappa shape index (κ1) is 22.1. The molecule has 0 unspecified atom stereocenters. The van der Waals surface area contributed by atoms with Gasteiger partial charge in [-0.1, -0.05) is 37.3 Å². The summed E-state index contributed by atoms with van der Waals surface area (Å²) in [7, 11) is 0. The number of amides is 2. The minimum Gasteiger partial charge on any atom is -0.481 e. The van der Waals surface area contributed by atoms with Gasteiger partial charge in [0.15, 0.2) is 0 Å². The standard InChI is InChI=1S/C18H24N2O7/c1-2-8-27-11-15(21)19-13(10-16(22)23)17(24)20-14(18(25)26)9-12-6-4-3-5-7-12/h3-7,13-14H,2,8-11H2,1H3,(H,19,21)(H,20,24)(H,22,23)(H,25,26)/t13-,14-/m0/s1. The van der Waals surface area contributed by atoms with E-state index < -0.39 is 42.3 Å². The highest BCUT2D eigenvalue weighted by molar-refractivity contribution is 5.93. The number of carbonyl (C=O) groups excluding carboxylic acids is 2. The maximum atomic E-state index is 12.4. The molecule has 0 spiro atoms. The largest absolute Gasteiger partial charge is 0.481 e. The van der Waals surface area contributed by atoms with Gasteiger partial charge in [0.25, 0.3) is 0 Å². The Bertz CT molecular complexity index is 648. The molecule has 1 aromatic carbocycles. The van der Waals surface area contributed by atoms with Gasteiger partial charge in [-0.05, 0) is 12.0 Å². The number of hydrogen-bond acceptors (Lipinski definition) is 5. The molecule has 2 atom stereocenters. The highest BCUT2D eigenvalue weighted by Crippen LogP contribution is 2.05. The van der Waals surface area contributed by atoms with Gasteiger partial charge in [0.2, 0.25) is 11.8 Å². The van der Waals surface area contributed by atoms with Crippen LogP contribution in [0.5, 0.6) is 0 Å². The lowest BCUT2D eigenvalue weighted by Crippen LogP contribution is -2.53. The van der Waals surface area contributed by atoms with Crippen LogP contribution in [0.4, 0.5) is 0 Å². The molecule has 9 heteroatoms. The van der Waals surface area contributed by atoms with Crippen molar-refractivity contribution in [2.24, 2.45) is 0 Å². The van der Waals surface area contributed by atoms with E-state index in [1.807, 2.05) is 6.92 Å². The van der Waals surface area contributed by atoms with Crippen LogP contribution in [-0.2, 0) is 30.3 Å². The molecule has 0 saturated heterocycles. The van der Waals surface area contributed by atoms with Crippen LogP contribution in [0.1, 0.15) is 25.3 Å². The van der Waals surface area contributed by atoms with Gasteiger partial charge in [0.1, 0.15) is 18.7 Å². The van der Waals surface area contributed by atoms with Gasteiger partial charge in [-0.3, -0.25) is 14.4 Å². The fraction of sp³-hybridized carbons (Fsp3) is 0.444. The maximum Gasteiger partial charge on any atom is 0.326 e.